The lowest BCUT2D eigenvalue weighted by Crippen LogP contribution is -2.06. The highest BCUT2D eigenvalue weighted by molar-refractivity contribution is 7.07. The summed E-state index contributed by atoms with van der Waals surface area (Å²) in [4.78, 5) is 16.2. The highest BCUT2D eigenvalue weighted by Gasteiger charge is 2.09. The molecule has 0 aliphatic carbocycles. The molecule has 3 rings (SSSR count). The molecule has 2 aromatic carbocycles. The van der Waals surface area contributed by atoms with Crippen molar-refractivity contribution in [3.05, 3.63) is 82.1 Å². The van der Waals surface area contributed by atoms with Crippen LogP contribution >= 0.6 is 11.3 Å². The molecule has 0 unspecified atom stereocenters. The predicted octanol–water partition coefficient (Wildman–Crippen LogP) is 4.22. The van der Waals surface area contributed by atoms with E-state index in [0.717, 1.165) is 11.3 Å². The number of aromatic nitrogens is 1. The van der Waals surface area contributed by atoms with E-state index in [2.05, 4.69) is 4.98 Å². The molecule has 3 aromatic rings. The van der Waals surface area contributed by atoms with Crippen LogP contribution in [0, 0.1) is 5.82 Å². The third-order valence-electron chi connectivity index (χ3n) is 3.22. The van der Waals surface area contributed by atoms with E-state index < -0.39 is 5.97 Å². The first-order valence-corrected chi connectivity index (χ1v) is 8.16. The number of ether oxygens (including phenoxy) is 2. The van der Waals surface area contributed by atoms with Crippen molar-refractivity contribution in [2.24, 2.45) is 0 Å². The number of carbonyl (C=O) groups is 1. The van der Waals surface area contributed by atoms with E-state index in [-0.39, 0.29) is 12.4 Å². The van der Waals surface area contributed by atoms with Crippen molar-refractivity contribution in [2.45, 2.75) is 13.2 Å². The van der Waals surface area contributed by atoms with Crippen molar-refractivity contribution >= 4 is 17.3 Å². The molecule has 0 fully saturated rings. The molecule has 0 aliphatic heterocycles. The molecule has 0 atom stereocenters. The summed E-state index contributed by atoms with van der Waals surface area (Å²) in [5, 5.41) is 1.90. The molecule has 122 valence electrons. The molecule has 0 aliphatic rings. The Bertz CT molecular complexity index is 803. The van der Waals surface area contributed by atoms with Crippen LogP contribution in [0.5, 0.6) is 5.75 Å². The standard InChI is InChI=1S/C18H14FNO3S/c19-15-6-4-13(5-7-15)9-23-18(21)14-2-1-3-17(8-14)22-10-16-11-24-12-20-16/h1-8,11-12H,9-10H2. The third kappa shape index (κ3) is 4.39. The molecule has 0 spiro atoms. The van der Waals surface area contributed by atoms with Gasteiger partial charge in [0, 0.05) is 5.38 Å². The normalized spacial score (nSPS) is 10.4. The second-order valence-corrected chi connectivity index (χ2v) is 5.72. The average Bonchev–Trinajstić information content (AvgIpc) is 3.13. The Hall–Kier alpha value is -2.73. The number of nitrogens with zero attached hydrogens (tertiary/aromatic N) is 1. The fourth-order valence-electron chi connectivity index (χ4n) is 1.99. The molecular formula is C18H14FNO3S. The van der Waals surface area contributed by atoms with E-state index in [1.807, 2.05) is 5.38 Å². The van der Waals surface area contributed by atoms with Gasteiger partial charge in [0.2, 0.25) is 0 Å². The van der Waals surface area contributed by atoms with Gasteiger partial charge in [-0.1, -0.05) is 18.2 Å². The first-order chi connectivity index (χ1) is 11.7. The van der Waals surface area contributed by atoms with E-state index in [9.17, 15) is 9.18 Å². The number of hydrogen-bond donors (Lipinski definition) is 0. The Kier molecular flexibility index (Phi) is 5.18. The highest BCUT2D eigenvalue weighted by atomic mass is 32.1. The topological polar surface area (TPSA) is 48.4 Å². The summed E-state index contributed by atoms with van der Waals surface area (Å²) in [5.74, 6) is -0.215. The molecule has 0 bridgehead atoms. The number of rotatable bonds is 6. The second kappa shape index (κ2) is 7.70. The molecule has 0 saturated heterocycles. The van der Waals surface area contributed by atoms with Gasteiger partial charge in [0.25, 0.3) is 0 Å². The van der Waals surface area contributed by atoms with Gasteiger partial charge in [0.1, 0.15) is 24.8 Å². The Labute approximate surface area is 142 Å². The van der Waals surface area contributed by atoms with Gasteiger partial charge in [-0.3, -0.25) is 0 Å². The Balaban J connectivity index is 1.58. The van der Waals surface area contributed by atoms with Crippen LogP contribution in [-0.4, -0.2) is 11.0 Å². The summed E-state index contributed by atoms with van der Waals surface area (Å²) in [6, 6.07) is 12.6. The molecule has 1 aromatic heterocycles. The van der Waals surface area contributed by atoms with Crippen molar-refractivity contribution in [1.82, 2.24) is 4.98 Å². The number of hydrogen-bond acceptors (Lipinski definition) is 5. The van der Waals surface area contributed by atoms with E-state index >= 15 is 0 Å². The SMILES string of the molecule is O=C(OCc1ccc(F)cc1)c1cccc(OCc2cscn2)c1. The van der Waals surface area contributed by atoms with Gasteiger partial charge in [0.05, 0.1) is 16.8 Å². The molecule has 0 saturated carbocycles. The smallest absolute Gasteiger partial charge is 0.338 e. The maximum atomic E-state index is 12.8. The Morgan fingerprint density at radius 2 is 1.96 bits per heavy atom. The van der Waals surface area contributed by atoms with Gasteiger partial charge in [-0.15, -0.1) is 11.3 Å². The van der Waals surface area contributed by atoms with Crippen LogP contribution in [0.2, 0.25) is 0 Å². The van der Waals surface area contributed by atoms with Crippen molar-refractivity contribution in [1.29, 1.82) is 0 Å². The summed E-state index contributed by atoms with van der Waals surface area (Å²) in [7, 11) is 0. The van der Waals surface area contributed by atoms with Gasteiger partial charge >= 0.3 is 5.97 Å². The summed E-state index contributed by atoms with van der Waals surface area (Å²) >= 11 is 1.50. The largest absolute Gasteiger partial charge is 0.487 e. The quantitative estimate of drug-likeness (QED) is 0.629. The van der Waals surface area contributed by atoms with Crippen LogP contribution in [0.4, 0.5) is 4.39 Å². The summed E-state index contributed by atoms with van der Waals surface area (Å²) < 4.78 is 23.7. The zero-order chi connectivity index (χ0) is 16.8. The van der Waals surface area contributed by atoms with Gasteiger partial charge < -0.3 is 9.47 Å². The van der Waals surface area contributed by atoms with Gasteiger partial charge in [-0.25, -0.2) is 14.2 Å². The van der Waals surface area contributed by atoms with Crippen molar-refractivity contribution in [2.75, 3.05) is 0 Å². The second-order valence-electron chi connectivity index (χ2n) is 5.00. The van der Waals surface area contributed by atoms with Crippen molar-refractivity contribution < 1.29 is 18.7 Å². The first kappa shape index (κ1) is 16.1. The lowest BCUT2D eigenvalue weighted by molar-refractivity contribution is 0.0472. The zero-order valence-corrected chi connectivity index (χ0v) is 13.5. The summed E-state index contributed by atoms with van der Waals surface area (Å²) in [5.41, 5.74) is 3.69. The molecule has 24 heavy (non-hydrogen) atoms. The van der Waals surface area contributed by atoms with Crippen LogP contribution in [-0.2, 0) is 18.0 Å². The van der Waals surface area contributed by atoms with Crippen LogP contribution in [0.1, 0.15) is 21.6 Å². The number of halogens is 1. The number of carbonyl (C=O) groups excluding carboxylic acids is 1. The van der Waals surface area contributed by atoms with Gasteiger partial charge in [-0.2, -0.15) is 0 Å². The first-order valence-electron chi connectivity index (χ1n) is 7.22. The molecule has 0 amide bonds. The minimum atomic E-state index is -0.460. The monoisotopic (exact) mass is 343 g/mol. The minimum absolute atomic E-state index is 0.0863. The van der Waals surface area contributed by atoms with Crippen LogP contribution in [0.25, 0.3) is 0 Å². The minimum Gasteiger partial charge on any atom is -0.487 e. The maximum Gasteiger partial charge on any atom is 0.338 e. The summed E-state index contributed by atoms with van der Waals surface area (Å²) in [6.45, 7) is 0.431. The van der Waals surface area contributed by atoms with E-state index in [0.29, 0.717) is 17.9 Å². The third-order valence-corrected chi connectivity index (χ3v) is 3.86. The van der Waals surface area contributed by atoms with Crippen LogP contribution in [0.3, 0.4) is 0 Å². The Morgan fingerprint density at radius 3 is 2.71 bits per heavy atom. The lowest BCUT2D eigenvalue weighted by Gasteiger charge is -2.08. The predicted molar refractivity (Wildman–Crippen MR) is 88.4 cm³/mol. The maximum absolute atomic E-state index is 12.8. The molecule has 0 radical (unpaired) electrons. The van der Waals surface area contributed by atoms with Crippen LogP contribution < -0.4 is 4.74 Å². The van der Waals surface area contributed by atoms with Gasteiger partial charge in [-0.05, 0) is 35.9 Å². The fraction of sp³-hybridized carbons (Fsp3) is 0.111. The zero-order valence-electron chi connectivity index (χ0n) is 12.6. The number of benzene rings is 2. The number of esters is 1. The molecule has 1 heterocycles. The molecule has 0 N–H and O–H groups in total. The van der Waals surface area contributed by atoms with Crippen LogP contribution in [0.15, 0.2) is 59.4 Å². The average molecular weight is 343 g/mol. The highest BCUT2D eigenvalue weighted by Crippen LogP contribution is 2.16. The molecular weight excluding hydrogens is 329 g/mol. The van der Waals surface area contributed by atoms with E-state index in [1.54, 1.807) is 41.9 Å². The van der Waals surface area contributed by atoms with Gasteiger partial charge in [0.15, 0.2) is 0 Å². The fourth-order valence-corrected chi connectivity index (χ4v) is 2.53. The molecule has 4 nitrogen and oxygen atoms in total. The van der Waals surface area contributed by atoms with E-state index in [4.69, 9.17) is 9.47 Å². The summed E-state index contributed by atoms with van der Waals surface area (Å²) in [6.07, 6.45) is 0. The molecule has 6 heteroatoms. The van der Waals surface area contributed by atoms with Crippen molar-refractivity contribution in [3.63, 3.8) is 0 Å². The number of thiazole rings is 1. The van der Waals surface area contributed by atoms with E-state index in [1.165, 1.54) is 23.5 Å². The Morgan fingerprint density at radius 1 is 1.12 bits per heavy atom. The van der Waals surface area contributed by atoms with Crippen molar-refractivity contribution in [3.8, 4) is 5.75 Å². The lowest BCUT2D eigenvalue weighted by atomic mass is 10.2.